The summed E-state index contributed by atoms with van der Waals surface area (Å²) < 4.78 is 16.9. The summed E-state index contributed by atoms with van der Waals surface area (Å²) in [6, 6.07) is 16.9. The third kappa shape index (κ3) is 8.56. The minimum absolute atomic E-state index is 0.0985. The molecule has 230 valence electrons. The monoisotopic (exact) mass is 656 g/mol. The SMILES string of the molecule is CCCCOC(=O)c1cc(NC(=O)CN2C(=O)S/C(=C/c3ccc(OCc4ccccc4Cl)c(OCC)c3)C2=O)ccc1Cl. The molecule has 1 heterocycles. The molecule has 0 aliphatic carbocycles. The Morgan fingerprint density at radius 1 is 0.955 bits per heavy atom. The molecular weight excluding hydrogens is 627 g/mol. The molecule has 0 radical (unpaired) electrons. The molecule has 3 amide bonds. The number of rotatable bonds is 13. The number of anilines is 1. The predicted octanol–water partition coefficient (Wildman–Crippen LogP) is 7.60. The second kappa shape index (κ2) is 15.7. The summed E-state index contributed by atoms with van der Waals surface area (Å²) in [5.41, 5.74) is 1.79. The van der Waals surface area contributed by atoms with E-state index in [2.05, 4.69) is 5.32 Å². The lowest BCUT2D eigenvalue weighted by atomic mass is 10.1. The zero-order chi connectivity index (χ0) is 31.6. The van der Waals surface area contributed by atoms with Crippen LogP contribution in [0, 0.1) is 0 Å². The molecule has 3 aromatic carbocycles. The Hall–Kier alpha value is -3.99. The van der Waals surface area contributed by atoms with Crippen LogP contribution < -0.4 is 14.8 Å². The molecule has 0 bridgehead atoms. The van der Waals surface area contributed by atoms with Gasteiger partial charge in [0.2, 0.25) is 5.91 Å². The van der Waals surface area contributed by atoms with Gasteiger partial charge in [0.05, 0.1) is 28.7 Å². The van der Waals surface area contributed by atoms with Crippen molar-refractivity contribution >= 4 is 69.8 Å². The van der Waals surface area contributed by atoms with E-state index in [1.807, 2.05) is 32.0 Å². The van der Waals surface area contributed by atoms with Gasteiger partial charge >= 0.3 is 5.97 Å². The molecule has 1 aliphatic heterocycles. The molecule has 0 saturated carbocycles. The minimum atomic E-state index is -0.625. The fraction of sp³-hybridized carbons (Fsp3) is 0.250. The number of ether oxygens (including phenoxy) is 3. The van der Waals surface area contributed by atoms with Gasteiger partial charge in [0.15, 0.2) is 11.5 Å². The van der Waals surface area contributed by atoms with E-state index in [1.54, 1.807) is 30.3 Å². The largest absolute Gasteiger partial charge is 0.490 e. The van der Waals surface area contributed by atoms with E-state index in [0.29, 0.717) is 35.1 Å². The second-order valence-electron chi connectivity index (χ2n) is 9.52. The molecule has 3 aromatic rings. The summed E-state index contributed by atoms with van der Waals surface area (Å²) in [5, 5.41) is 2.78. The maximum Gasteiger partial charge on any atom is 0.339 e. The highest BCUT2D eigenvalue weighted by Crippen LogP contribution is 2.35. The van der Waals surface area contributed by atoms with Crippen molar-refractivity contribution in [3.8, 4) is 11.5 Å². The van der Waals surface area contributed by atoms with E-state index in [4.69, 9.17) is 37.4 Å². The number of benzene rings is 3. The minimum Gasteiger partial charge on any atom is -0.490 e. The Morgan fingerprint density at radius 2 is 1.75 bits per heavy atom. The normalized spacial score (nSPS) is 13.7. The van der Waals surface area contributed by atoms with E-state index >= 15 is 0 Å². The fourth-order valence-electron chi connectivity index (χ4n) is 4.05. The van der Waals surface area contributed by atoms with Crippen LogP contribution in [-0.4, -0.2) is 47.7 Å². The Bertz CT molecular complexity index is 1590. The number of carbonyl (C=O) groups excluding carboxylic acids is 4. The molecule has 44 heavy (non-hydrogen) atoms. The van der Waals surface area contributed by atoms with Gasteiger partial charge in [-0.05, 0) is 73.1 Å². The van der Waals surface area contributed by atoms with Crippen LogP contribution in [0.15, 0.2) is 65.6 Å². The van der Waals surface area contributed by atoms with Crippen LogP contribution in [0.1, 0.15) is 48.2 Å². The maximum atomic E-state index is 13.1. The first kappa shape index (κ1) is 32.9. The number of nitrogens with zero attached hydrogens (tertiary/aromatic N) is 1. The lowest BCUT2D eigenvalue weighted by molar-refractivity contribution is -0.127. The van der Waals surface area contributed by atoms with Crippen LogP contribution in [0.5, 0.6) is 11.5 Å². The Balaban J connectivity index is 1.41. The number of nitrogens with one attached hydrogen (secondary N) is 1. The number of hydrogen-bond acceptors (Lipinski definition) is 8. The molecule has 4 rings (SSSR count). The molecular formula is C32H30Cl2N2O7S. The van der Waals surface area contributed by atoms with Crippen molar-refractivity contribution in [2.75, 3.05) is 25.1 Å². The molecule has 9 nitrogen and oxygen atoms in total. The van der Waals surface area contributed by atoms with Crippen molar-refractivity contribution in [2.24, 2.45) is 0 Å². The first-order valence-electron chi connectivity index (χ1n) is 13.8. The van der Waals surface area contributed by atoms with Crippen molar-refractivity contribution in [1.29, 1.82) is 0 Å². The summed E-state index contributed by atoms with van der Waals surface area (Å²) in [7, 11) is 0. The van der Waals surface area contributed by atoms with Gasteiger partial charge in [-0.1, -0.05) is 60.8 Å². The highest BCUT2D eigenvalue weighted by Gasteiger charge is 2.36. The Kier molecular flexibility index (Phi) is 11.7. The van der Waals surface area contributed by atoms with Gasteiger partial charge in [-0.15, -0.1) is 0 Å². The average Bonchev–Trinajstić information content (AvgIpc) is 3.25. The lowest BCUT2D eigenvalue weighted by Crippen LogP contribution is -2.36. The standard InChI is InChI=1S/C32H30Cl2N2O7S/c1-3-5-14-42-31(39)23-17-22(11-12-25(23)34)35-29(37)18-36-30(38)28(44-32(36)40)16-20-10-13-26(27(15-20)41-4-2)43-19-21-8-6-7-9-24(21)33/h6-13,15-17H,3-5,14,18-19H2,1-2H3,(H,35,37)/b28-16+. The van der Waals surface area contributed by atoms with Crippen molar-refractivity contribution in [3.05, 3.63) is 92.3 Å². The van der Waals surface area contributed by atoms with Crippen molar-refractivity contribution in [1.82, 2.24) is 4.90 Å². The van der Waals surface area contributed by atoms with E-state index in [0.717, 1.165) is 28.6 Å². The predicted molar refractivity (Wildman–Crippen MR) is 171 cm³/mol. The summed E-state index contributed by atoms with van der Waals surface area (Å²) in [4.78, 5) is 51.9. The van der Waals surface area contributed by atoms with Gasteiger partial charge in [0, 0.05) is 16.3 Å². The zero-order valence-corrected chi connectivity index (χ0v) is 26.4. The first-order chi connectivity index (χ1) is 21.2. The molecule has 0 aromatic heterocycles. The first-order valence-corrected chi connectivity index (χ1v) is 15.4. The summed E-state index contributed by atoms with van der Waals surface area (Å²) >= 11 is 13.1. The molecule has 0 atom stereocenters. The number of imide groups is 1. The number of amides is 3. The number of carbonyl (C=O) groups is 4. The van der Waals surface area contributed by atoms with Crippen LogP contribution in [0.2, 0.25) is 10.0 Å². The van der Waals surface area contributed by atoms with Gasteiger partial charge < -0.3 is 19.5 Å². The van der Waals surface area contributed by atoms with Gasteiger partial charge in [-0.2, -0.15) is 0 Å². The summed E-state index contributed by atoms with van der Waals surface area (Å²) in [6.45, 7) is 4.17. The van der Waals surface area contributed by atoms with Crippen LogP contribution in [-0.2, 0) is 20.9 Å². The quantitative estimate of drug-likeness (QED) is 0.114. The zero-order valence-electron chi connectivity index (χ0n) is 24.1. The fourth-order valence-corrected chi connectivity index (χ4v) is 5.27. The van der Waals surface area contributed by atoms with E-state index in [-0.39, 0.29) is 34.4 Å². The maximum absolute atomic E-state index is 13.1. The highest BCUT2D eigenvalue weighted by molar-refractivity contribution is 8.18. The topological polar surface area (TPSA) is 111 Å². The third-order valence-corrected chi connectivity index (χ3v) is 7.89. The summed E-state index contributed by atoms with van der Waals surface area (Å²) in [5.74, 6) is -0.886. The Morgan fingerprint density at radius 3 is 2.50 bits per heavy atom. The van der Waals surface area contributed by atoms with Gasteiger partial charge in [0.25, 0.3) is 11.1 Å². The molecule has 12 heteroatoms. The van der Waals surface area contributed by atoms with Crippen LogP contribution >= 0.6 is 35.0 Å². The van der Waals surface area contributed by atoms with Crippen molar-refractivity contribution in [2.45, 2.75) is 33.3 Å². The smallest absolute Gasteiger partial charge is 0.339 e. The number of unbranched alkanes of at least 4 members (excludes halogenated alkanes) is 1. The molecule has 1 N–H and O–H groups in total. The molecule has 0 unspecified atom stereocenters. The molecule has 0 spiro atoms. The molecule has 1 fully saturated rings. The molecule has 1 saturated heterocycles. The van der Waals surface area contributed by atoms with E-state index in [9.17, 15) is 19.2 Å². The van der Waals surface area contributed by atoms with Crippen LogP contribution in [0.4, 0.5) is 10.5 Å². The van der Waals surface area contributed by atoms with E-state index in [1.165, 1.54) is 18.2 Å². The van der Waals surface area contributed by atoms with E-state index < -0.39 is 29.6 Å². The van der Waals surface area contributed by atoms with Crippen LogP contribution in [0.25, 0.3) is 6.08 Å². The lowest BCUT2D eigenvalue weighted by Gasteiger charge is -2.14. The van der Waals surface area contributed by atoms with Crippen LogP contribution in [0.3, 0.4) is 0 Å². The number of hydrogen-bond donors (Lipinski definition) is 1. The molecule has 1 aliphatic rings. The number of esters is 1. The van der Waals surface area contributed by atoms with Crippen molar-refractivity contribution in [3.63, 3.8) is 0 Å². The third-order valence-electron chi connectivity index (χ3n) is 6.28. The van der Waals surface area contributed by atoms with Gasteiger partial charge in [-0.3, -0.25) is 19.3 Å². The second-order valence-corrected chi connectivity index (χ2v) is 11.3. The van der Waals surface area contributed by atoms with Gasteiger partial charge in [0.1, 0.15) is 13.2 Å². The average molecular weight is 658 g/mol. The summed E-state index contributed by atoms with van der Waals surface area (Å²) in [6.07, 6.45) is 3.13. The van der Waals surface area contributed by atoms with Crippen molar-refractivity contribution < 1.29 is 33.4 Å². The highest BCUT2D eigenvalue weighted by atomic mass is 35.5. The van der Waals surface area contributed by atoms with Gasteiger partial charge in [-0.25, -0.2) is 4.79 Å². The number of thioether (sulfide) groups is 1. The number of halogens is 2. The Labute approximate surface area is 269 Å².